The van der Waals surface area contributed by atoms with Crippen LogP contribution in [0.5, 0.6) is 11.5 Å². The molecule has 0 fully saturated rings. The quantitative estimate of drug-likeness (QED) is 0.683. The maximum absolute atomic E-state index is 5.44. The molecular weight excluding hydrogens is 187 g/mol. The van der Waals surface area contributed by atoms with Crippen LogP contribution < -0.4 is 9.05 Å². The minimum Gasteiger partial charge on any atom is -0.414 e. The van der Waals surface area contributed by atoms with E-state index in [4.69, 9.17) is 13.6 Å². The molecule has 0 saturated carbocycles. The van der Waals surface area contributed by atoms with E-state index in [1.165, 1.54) is 0 Å². The molecule has 2 rings (SSSR count). The molecule has 0 amide bonds. The van der Waals surface area contributed by atoms with Crippen molar-refractivity contribution in [2.75, 3.05) is 0 Å². The van der Waals surface area contributed by atoms with Crippen molar-refractivity contribution in [2.45, 2.75) is 20.0 Å². The lowest BCUT2D eigenvalue weighted by Crippen LogP contribution is -2.00. The average molecular weight is 198 g/mol. The third-order valence-electron chi connectivity index (χ3n) is 1.49. The van der Waals surface area contributed by atoms with E-state index >= 15 is 0 Å². The summed E-state index contributed by atoms with van der Waals surface area (Å²) in [7, 11) is -1.21. The van der Waals surface area contributed by atoms with Crippen molar-refractivity contribution in [1.29, 1.82) is 0 Å². The highest BCUT2D eigenvalue weighted by Crippen LogP contribution is 2.52. The molecule has 0 aliphatic carbocycles. The second-order valence-electron chi connectivity index (χ2n) is 3.01. The molecule has 70 valence electrons. The van der Waals surface area contributed by atoms with Crippen molar-refractivity contribution in [1.82, 2.24) is 0 Å². The van der Waals surface area contributed by atoms with Crippen LogP contribution in [0.15, 0.2) is 24.3 Å². The summed E-state index contributed by atoms with van der Waals surface area (Å²) in [5, 5.41) is 0. The van der Waals surface area contributed by atoms with E-state index in [-0.39, 0.29) is 6.10 Å². The van der Waals surface area contributed by atoms with E-state index in [9.17, 15) is 0 Å². The standard InChI is InChI=1S/C9H11O3P/c1-7(2)10-13-11-8-5-3-4-6-9(8)12-13/h3-7H,1-2H3. The largest absolute Gasteiger partial charge is 0.463 e. The zero-order chi connectivity index (χ0) is 9.26. The van der Waals surface area contributed by atoms with E-state index in [2.05, 4.69) is 0 Å². The van der Waals surface area contributed by atoms with E-state index < -0.39 is 8.60 Å². The fraction of sp³-hybridized carbons (Fsp3) is 0.333. The van der Waals surface area contributed by atoms with Crippen molar-refractivity contribution in [3.8, 4) is 11.5 Å². The van der Waals surface area contributed by atoms with Gasteiger partial charge in [0.15, 0.2) is 11.5 Å². The highest BCUT2D eigenvalue weighted by atomic mass is 31.2. The minimum absolute atomic E-state index is 0.125. The SMILES string of the molecule is CC(C)OP1Oc2ccccc2O1. The maximum Gasteiger partial charge on any atom is 0.463 e. The molecule has 0 aromatic heterocycles. The maximum atomic E-state index is 5.44. The summed E-state index contributed by atoms with van der Waals surface area (Å²) >= 11 is 0. The number of fused-ring (bicyclic) bond motifs is 1. The van der Waals surface area contributed by atoms with Crippen LogP contribution in [0.4, 0.5) is 0 Å². The highest BCUT2D eigenvalue weighted by Gasteiger charge is 2.28. The fourth-order valence-corrected chi connectivity index (χ4v) is 2.09. The Balaban J connectivity index is 2.05. The van der Waals surface area contributed by atoms with Gasteiger partial charge in [-0.05, 0) is 26.0 Å². The number of benzene rings is 1. The van der Waals surface area contributed by atoms with Crippen LogP contribution in [-0.4, -0.2) is 6.10 Å². The third-order valence-corrected chi connectivity index (χ3v) is 2.78. The Kier molecular flexibility index (Phi) is 2.38. The Hall–Kier alpha value is -0.790. The van der Waals surface area contributed by atoms with Crippen LogP contribution >= 0.6 is 8.60 Å². The van der Waals surface area contributed by atoms with E-state index in [0.29, 0.717) is 0 Å². The van der Waals surface area contributed by atoms with Crippen LogP contribution in [0.1, 0.15) is 13.8 Å². The van der Waals surface area contributed by atoms with Gasteiger partial charge in [-0.15, -0.1) is 0 Å². The molecule has 1 aromatic rings. The number of para-hydroxylation sites is 2. The monoisotopic (exact) mass is 198 g/mol. The van der Waals surface area contributed by atoms with Crippen molar-refractivity contribution in [3.63, 3.8) is 0 Å². The summed E-state index contributed by atoms with van der Waals surface area (Å²) in [6.45, 7) is 3.91. The van der Waals surface area contributed by atoms with Gasteiger partial charge in [0.25, 0.3) is 0 Å². The number of hydrogen-bond donors (Lipinski definition) is 0. The molecule has 0 N–H and O–H groups in total. The molecule has 1 heterocycles. The molecule has 1 aliphatic heterocycles. The van der Waals surface area contributed by atoms with Gasteiger partial charge >= 0.3 is 8.60 Å². The minimum atomic E-state index is -1.21. The second kappa shape index (κ2) is 3.52. The van der Waals surface area contributed by atoms with Crippen molar-refractivity contribution in [2.24, 2.45) is 0 Å². The lowest BCUT2D eigenvalue weighted by Gasteiger charge is -2.09. The molecule has 0 unspecified atom stereocenters. The van der Waals surface area contributed by atoms with Gasteiger partial charge in [0.1, 0.15) is 0 Å². The van der Waals surface area contributed by atoms with E-state index in [1.54, 1.807) is 0 Å². The molecule has 0 spiro atoms. The van der Waals surface area contributed by atoms with E-state index in [0.717, 1.165) is 11.5 Å². The summed E-state index contributed by atoms with van der Waals surface area (Å²) in [6.07, 6.45) is 0.125. The summed E-state index contributed by atoms with van der Waals surface area (Å²) in [5.74, 6) is 1.54. The Bertz CT molecular complexity index is 276. The molecule has 1 aromatic carbocycles. The summed E-state index contributed by atoms with van der Waals surface area (Å²) in [4.78, 5) is 0. The first kappa shape index (κ1) is 8.79. The smallest absolute Gasteiger partial charge is 0.414 e. The summed E-state index contributed by atoms with van der Waals surface area (Å²) in [5.41, 5.74) is 0. The summed E-state index contributed by atoms with van der Waals surface area (Å²) in [6, 6.07) is 7.58. The van der Waals surface area contributed by atoms with Crippen LogP contribution in [0, 0.1) is 0 Å². The molecule has 3 nitrogen and oxygen atoms in total. The second-order valence-corrected chi connectivity index (χ2v) is 4.03. The molecule has 4 heteroatoms. The van der Waals surface area contributed by atoms with Gasteiger partial charge in [-0.3, -0.25) is 4.52 Å². The molecule has 0 bridgehead atoms. The Morgan fingerprint density at radius 2 is 1.69 bits per heavy atom. The Morgan fingerprint density at radius 1 is 1.15 bits per heavy atom. The van der Waals surface area contributed by atoms with Gasteiger partial charge in [-0.25, -0.2) is 0 Å². The predicted octanol–water partition coefficient (Wildman–Crippen LogP) is 3.11. The zero-order valence-electron chi connectivity index (χ0n) is 7.56. The summed E-state index contributed by atoms with van der Waals surface area (Å²) < 4.78 is 16.3. The predicted molar refractivity (Wildman–Crippen MR) is 50.8 cm³/mol. The lowest BCUT2D eigenvalue weighted by atomic mass is 10.3. The molecule has 1 aliphatic rings. The van der Waals surface area contributed by atoms with Gasteiger partial charge in [0, 0.05) is 0 Å². The van der Waals surface area contributed by atoms with Crippen LogP contribution in [0.3, 0.4) is 0 Å². The zero-order valence-corrected chi connectivity index (χ0v) is 8.45. The first-order valence-corrected chi connectivity index (χ1v) is 5.27. The third kappa shape index (κ3) is 1.93. The number of rotatable bonds is 2. The highest BCUT2D eigenvalue weighted by molar-refractivity contribution is 7.43. The first-order valence-electron chi connectivity index (χ1n) is 4.17. The van der Waals surface area contributed by atoms with Crippen LogP contribution in [0.2, 0.25) is 0 Å². The van der Waals surface area contributed by atoms with Gasteiger partial charge in [-0.1, -0.05) is 12.1 Å². The lowest BCUT2D eigenvalue weighted by molar-refractivity contribution is 0.221. The average Bonchev–Trinajstić information content (AvgIpc) is 2.44. The Morgan fingerprint density at radius 3 is 2.15 bits per heavy atom. The van der Waals surface area contributed by atoms with Gasteiger partial charge in [-0.2, -0.15) is 0 Å². The first-order chi connectivity index (χ1) is 6.25. The topological polar surface area (TPSA) is 27.7 Å². The molecular formula is C9H11O3P. The van der Waals surface area contributed by atoms with Crippen molar-refractivity contribution in [3.05, 3.63) is 24.3 Å². The molecule has 13 heavy (non-hydrogen) atoms. The molecule has 0 atom stereocenters. The number of hydrogen-bond acceptors (Lipinski definition) is 3. The van der Waals surface area contributed by atoms with Crippen molar-refractivity contribution < 1.29 is 13.6 Å². The fourth-order valence-electron chi connectivity index (χ4n) is 0.995. The van der Waals surface area contributed by atoms with Crippen LogP contribution in [-0.2, 0) is 4.52 Å². The van der Waals surface area contributed by atoms with Crippen LogP contribution in [0.25, 0.3) is 0 Å². The van der Waals surface area contributed by atoms with E-state index in [1.807, 2.05) is 38.1 Å². The van der Waals surface area contributed by atoms with Gasteiger partial charge < -0.3 is 9.05 Å². The molecule has 0 radical (unpaired) electrons. The molecule has 0 saturated heterocycles. The van der Waals surface area contributed by atoms with Gasteiger partial charge in [0.2, 0.25) is 0 Å². The normalized spacial score (nSPS) is 15.3. The van der Waals surface area contributed by atoms with Crippen molar-refractivity contribution >= 4 is 8.60 Å². The Labute approximate surface area is 78.6 Å². The van der Waals surface area contributed by atoms with Gasteiger partial charge in [0.05, 0.1) is 6.10 Å².